The summed E-state index contributed by atoms with van der Waals surface area (Å²) >= 11 is 0. The Morgan fingerprint density at radius 3 is 1.53 bits per heavy atom. The van der Waals surface area contributed by atoms with Crippen molar-refractivity contribution < 1.29 is 0 Å². The largest absolute Gasteiger partial charge is 0.317 e. The number of rotatable bonds is 0. The summed E-state index contributed by atoms with van der Waals surface area (Å²) in [7, 11) is 0. The van der Waals surface area contributed by atoms with Crippen LogP contribution in [0.25, 0.3) is 0 Å². The first kappa shape index (κ1) is 11.4. The van der Waals surface area contributed by atoms with Crippen molar-refractivity contribution in [3.8, 4) is 0 Å². The topological polar surface area (TPSA) is 12.0 Å². The SMILES string of the molecule is C1CCCCC2(CCCC1)CCNCC2. The van der Waals surface area contributed by atoms with E-state index in [2.05, 4.69) is 5.32 Å². The summed E-state index contributed by atoms with van der Waals surface area (Å²) in [5, 5.41) is 3.52. The second kappa shape index (κ2) is 5.89. The Morgan fingerprint density at radius 1 is 0.533 bits per heavy atom. The lowest BCUT2D eigenvalue weighted by Crippen LogP contribution is -2.36. The van der Waals surface area contributed by atoms with Crippen molar-refractivity contribution in [3.63, 3.8) is 0 Å². The van der Waals surface area contributed by atoms with Gasteiger partial charge in [-0.15, -0.1) is 0 Å². The molecule has 15 heavy (non-hydrogen) atoms. The third-order valence-electron chi connectivity index (χ3n) is 4.58. The summed E-state index contributed by atoms with van der Waals surface area (Å²) in [4.78, 5) is 0. The zero-order valence-corrected chi connectivity index (χ0v) is 10.2. The molecule has 0 aromatic carbocycles. The van der Waals surface area contributed by atoms with Crippen LogP contribution in [0.4, 0.5) is 0 Å². The first-order valence-corrected chi connectivity index (χ1v) is 7.12. The van der Waals surface area contributed by atoms with E-state index in [0.717, 1.165) is 5.41 Å². The summed E-state index contributed by atoms with van der Waals surface area (Å²) in [5.41, 5.74) is 0.753. The van der Waals surface area contributed by atoms with Crippen LogP contribution >= 0.6 is 0 Å². The van der Waals surface area contributed by atoms with Crippen LogP contribution < -0.4 is 5.32 Å². The van der Waals surface area contributed by atoms with E-state index in [1.807, 2.05) is 0 Å². The maximum atomic E-state index is 3.52. The first-order chi connectivity index (χ1) is 7.41. The molecule has 1 nitrogen and oxygen atoms in total. The van der Waals surface area contributed by atoms with Gasteiger partial charge in [0, 0.05) is 0 Å². The molecule has 2 rings (SSSR count). The highest BCUT2D eigenvalue weighted by Crippen LogP contribution is 2.40. The Balaban J connectivity index is 1.87. The smallest absolute Gasteiger partial charge is 0.00436 e. The van der Waals surface area contributed by atoms with Gasteiger partial charge in [0.2, 0.25) is 0 Å². The molecule has 1 saturated carbocycles. The van der Waals surface area contributed by atoms with Crippen LogP contribution in [0.5, 0.6) is 0 Å². The summed E-state index contributed by atoms with van der Waals surface area (Å²) in [6.45, 7) is 2.56. The van der Waals surface area contributed by atoms with Gasteiger partial charge in [-0.25, -0.2) is 0 Å². The van der Waals surface area contributed by atoms with Crippen LogP contribution in [-0.4, -0.2) is 13.1 Å². The Morgan fingerprint density at radius 2 is 1.00 bits per heavy atom. The monoisotopic (exact) mass is 209 g/mol. The van der Waals surface area contributed by atoms with Crippen molar-refractivity contribution >= 4 is 0 Å². The van der Waals surface area contributed by atoms with Crippen LogP contribution in [0.15, 0.2) is 0 Å². The van der Waals surface area contributed by atoms with Crippen molar-refractivity contribution in [1.29, 1.82) is 0 Å². The Hall–Kier alpha value is -0.0400. The molecule has 0 atom stereocenters. The average Bonchev–Trinajstić information content (AvgIpc) is 2.29. The lowest BCUT2D eigenvalue weighted by Gasteiger charge is -2.38. The molecule has 1 aliphatic heterocycles. The van der Waals surface area contributed by atoms with Crippen LogP contribution in [0, 0.1) is 5.41 Å². The fourth-order valence-corrected chi connectivity index (χ4v) is 3.47. The van der Waals surface area contributed by atoms with Crippen molar-refractivity contribution in [2.24, 2.45) is 5.41 Å². The fourth-order valence-electron chi connectivity index (χ4n) is 3.47. The van der Waals surface area contributed by atoms with E-state index >= 15 is 0 Å². The van der Waals surface area contributed by atoms with Gasteiger partial charge in [0.15, 0.2) is 0 Å². The molecule has 1 saturated heterocycles. The molecule has 1 spiro atoms. The predicted octanol–water partition coefficient (Wildman–Crippen LogP) is 3.88. The van der Waals surface area contributed by atoms with Gasteiger partial charge >= 0.3 is 0 Å². The fraction of sp³-hybridized carbons (Fsp3) is 1.00. The minimum atomic E-state index is 0.753. The molecule has 2 fully saturated rings. The van der Waals surface area contributed by atoms with Crippen molar-refractivity contribution in [3.05, 3.63) is 0 Å². The third-order valence-corrected chi connectivity index (χ3v) is 4.58. The molecule has 1 N–H and O–H groups in total. The summed E-state index contributed by atoms with van der Waals surface area (Å²) in [6.07, 6.45) is 16.4. The highest BCUT2D eigenvalue weighted by atomic mass is 14.9. The van der Waals surface area contributed by atoms with Gasteiger partial charge in [0.05, 0.1) is 0 Å². The lowest BCUT2D eigenvalue weighted by atomic mass is 9.71. The zero-order valence-electron chi connectivity index (χ0n) is 10.2. The molecule has 0 amide bonds. The lowest BCUT2D eigenvalue weighted by molar-refractivity contribution is 0.154. The Labute approximate surface area is 95.0 Å². The van der Waals surface area contributed by atoms with Crippen LogP contribution in [0.1, 0.15) is 70.6 Å². The molecule has 0 aromatic rings. The van der Waals surface area contributed by atoms with Gasteiger partial charge in [0.1, 0.15) is 0 Å². The Kier molecular flexibility index (Phi) is 4.49. The van der Waals surface area contributed by atoms with E-state index in [9.17, 15) is 0 Å². The van der Waals surface area contributed by atoms with Crippen LogP contribution in [0.3, 0.4) is 0 Å². The van der Waals surface area contributed by atoms with Gasteiger partial charge in [-0.1, -0.05) is 44.9 Å². The highest BCUT2D eigenvalue weighted by molar-refractivity contribution is 4.84. The van der Waals surface area contributed by atoms with Gasteiger partial charge < -0.3 is 5.32 Å². The molecule has 1 aliphatic carbocycles. The first-order valence-electron chi connectivity index (χ1n) is 7.12. The average molecular weight is 209 g/mol. The summed E-state index contributed by atoms with van der Waals surface area (Å²) in [5.74, 6) is 0. The number of nitrogens with one attached hydrogen (secondary N) is 1. The minimum absolute atomic E-state index is 0.753. The molecular formula is C14H27N. The molecule has 0 bridgehead atoms. The van der Waals surface area contributed by atoms with E-state index < -0.39 is 0 Å². The van der Waals surface area contributed by atoms with E-state index in [0.29, 0.717) is 0 Å². The Bertz CT molecular complexity index is 158. The quantitative estimate of drug-likeness (QED) is 0.638. The molecule has 1 heterocycles. The van der Waals surface area contributed by atoms with Crippen molar-refractivity contribution in [2.75, 3.05) is 13.1 Å². The summed E-state index contributed by atoms with van der Waals surface area (Å²) < 4.78 is 0. The highest BCUT2D eigenvalue weighted by Gasteiger charge is 2.30. The van der Waals surface area contributed by atoms with Crippen LogP contribution in [-0.2, 0) is 0 Å². The zero-order chi connectivity index (χ0) is 10.4. The molecule has 0 unspecified atom stereocenters. The standard InChI is InChI=1S/C14H27N/c1-2-4-6-8-14(9-7-5-3-1)10-12-15-13-11-14/h15H,1-13H2. The number of hydrogen-bond acceptors (Lipinski definition) is 1. The van der Waals surface area contributed by atoms with E-state index in [4.69, 9.17) is 0 Å². The minimum Gasteiger partial charge on any atom is -0.317 e. The maximum absolute atomic E-state index is 3.52. The van der Waals surface area contributed by atoms with Gasteiger partial charge in [0.25, 0.3) is 0 Å². The molecule has 2 aliphatic rings. The normalized spacial score (nSPS) is 28.8. The maximum Gasteiger partial charge on any atom is -0.00436 e. The predicted molar refractivity (Wildman–Crippen MR) is 66.1 cm³/mol. The number of hydrogen-bond donors (Lipinski definition) is 1. The molecule has 0 aromatic heterocycles. The molecule has 88 valence electrons. The van der Waals surface area contributed by atoms with E-state index in [1.165, 1.54) is 83.7 Å². The van der Waals surface area contributed by atoms with Gasteiger partial charge in [-0.2, -0.15) is 0 Å². The van der Waals surface area contributed by atoms with E-state index in [-0.39, 0.29) is 0 Å². The molecule has 0 radical (unpaired) electrons. The molecule has 1 heteroatoms. The third kappa shape index (κ3) is 3.48. The van der Waals surface area contributed by atoms with Gasteiger partial charge in [-0.3, -0.25) is 0 Å². The van der Waals surface area contributed by atoms with Crippen molar-refractivity contribution in [1.82, 2.24) is 5.32 Å². The number of piperidine rings is 1. The van der Waals surface area contributed by atoms with E-state index in [1.54, 1.807) is 0 Å². The van der Waals surface area contributed by atoms with Gasteiger partial charge in [-0.05, 0) is 44.2 Å². The second-order valence-corrected chi connectivity index (χ2v) is 5.72. The van der Waals surface area contributed by atoms with Crippen molar-refractivity contribution in [2.45, 2.75) is 70.6 Å². The second-order valence-electron chi connectivity index (χ2n) is 5.72. The molecular weight excluding hydrogens is 182 g/mol. The summed E-state index contributed by atoms with van der Waals surface area (Å²) in [6, 6.07) is 0. The van der Waals surface area contributed by atoms with Crippen LogP contribution in [0.2, 0.25) is 0 Å².